The second-order valence-electron chi connectivity index (χ2n) is 5.27. The highest BCUT2D eigenvalue weighted by Gasteiger charge is 2.29. The lowest BCUT2D eigenvalue weighted by molar-refractivity contribution is -0.146. The van der Waals surface area contributed by atoms with Crippen LogP contribution in [0.15, 0.2) is 0 Å². The van der Waals surface area contributed by atoms with Crippen molar-refractivity contribution in [2.45, 2.75) is 32.8 Å². The molecule has 0 radical (unpaired) electrons. The van der Waals surface area contributed by atoms with Gasteiger partial charge in [-0.05, 0) is 26.7 Å². The molecule has 0 spiro atoms. The number of ether oxygens (including phenoxy) is 1. The molecule has 104 valence electrons. The van der Waals surface area contributed by atoms with Gasteiger partial charge in [0.25, 0.3) is 0 Å². The number of aliphatic carboxylic acids is 1. The molecule has 18 heavy (non-hydrogen) atoms. The number of nitrogens with one attached hydrogen (secondary N) is 1. The first-order valence-electron chi connectivity index (χ1n) is 6.16. The third-order valence-corrected chi connectivity index (χ3v) is 3.32. The Balaban J connectivity index is 2.36. The molecule has 0 atom stereocenters. The molecular formula is C12H22N2O4. The molecule has 0 bridgehead atoms. The summed E-state index contributed by atoms with van der Waals surface area (Å²) in [6.45, 7) is 4.61. The van der Waals surface area contributed by atoms with Crippen LogP contribution in [0.5, 0.6) is 0 Å². The molecule has 1 saturated heterocycles. The standard InChI is InChI=1S/C12H22N2O4/c1-12(2,10(15)16)8-13-11(17)14-6-4-9(18-3)5-7-14/h9H,4-8H2,1-3H3,(H,13,17)(H,15,16). The predicted molar refractivity (Wildman–Crippen MR) is 66.4 cm³/mol. The Morgan fingerprint density at radius 3 is 2.39 bits per heavy atom. The lowest BCUT2D eigenvalue weighted by Crippen LogP contribution is -2.48. The van der Waals surface area contributed by atoms with Gasteiger partial charge in [0, 0.05) is 26.7 Å². The maximum atomic E-state index is 11.8. The molecule has 1 rings (SSSR count). The third kappa shape index (κ3) is 3.87. The summed E-state index contributed by atoms with van der Waals surface area (Å²) >= 11 is 0. The second kappa shape index (κ2) is 6.04. The Hall–Kier alpha value is -1.30. The van der Waals surface area contributed by atoms with E-state index in [9.17, 15) is 9.59 Å². The van der Waals surface area contributed by atoms with Gasteiger partial charge in [0.15, 0.2) is 0 Å². The Labute approximate surface area is 107 Å². The highest BCUT2D eigenvalue weighted by Crippen LogP contribution is 2.15. The van der Waals surface area contributed by atoms with Crippen molar-refractivity contribution in [3.63, 3.8) is 0 Å². The van der Waals surface area contributed by atoms with Crippen molar-refractivity contribution in [1.29, 1.82) is 0 Å². The molecule has 0 aliphatic carbocycles. The van der Waals surface area contributed by atoms with Crippen LogP contribution in [0.3, 0.4) is 0 Å². The summed E-state index contributed by atoms with van der Waals surface area (Å²) in [6.07, 6.45) is 1.88. The fourth-order valence-corrected chi connectivity index (χ4v) is 1.78. The van der Waals surface area contributed by atoms with E-state index in [1.54, 1.807) is 25.9 Å². The van der Waals surface area contributed by atoms with Gasteiger partial charge >= 0.3 is 12.0 Å². The number of carbonyl (C=O) groups is 2. The highest BCUT2D eigenvalue weighted by atomic mass is 16.5. The summed E-state index contributed by atoms with van der Waals surface area (Å²) in [5, 5.41) is 11.6. The van der Waals surface area contributed by atoms with E-state index >= 15 is 0 Å². The Kier molecular flexibility index (Phi) is 4.95. The maximum absolute atomic E-state index is 11.8. The average Bonchev–Trinajstić information content (AvgIpc) is 2.36. The van der Waals surface area contributed by atoms with Crippen LogP contribution in [-0.4, -0.2) is 54.9 Å². The van der Waals surface area contributed by atoms with E-state index in [0.29, 0.717) is 13.1 Å². The largest absolute Gasteiger partial charge is 0.481 e. The number of hydrogen-bond donors (Lipinski definition) is 2. The zero-order valence-corrected chi connectivity index (χ0v) is 11.2. The normalized spacial score (nSPS) is 17.6. The number of carboxylic acids is 1. The van der Waals surface area contributed by atoms with Crippen molar-refractivity contribution in [2.24, 2.45) is 5.41 Å². The van der Waals surface area contributed by atoms with Crippen LogP contribution in [0, 0.1) is 5.41 Å². The van der Waals surface area contributed by atoms with E-state index in [2.05, 4.69) is 5.32 Å². The highest BCUT2D eigenvalue weighted by molar-refractivity contribution is 5.77. The van der Waals surface area contributed by atoms with Crippen LogP contribution < -0.4 is 5.32 Å². The number of hydrogen-bond acceptors (Lipinski definition) is 3. The van der Waals surface area contributed by atoms with Gasteiger partial charge in [0.05, 0.1) is 11.5 Å². The number of amides is 2. The first-order chi connectivity index (χ1) is 8.36. The molecule has 0 aromatic carbocycles. The zero-order valence-electron chi connectivity index (χ0n) is 11.2. The van der Waals surface area contributed by atoms with Crippen molar-refractivity contribution in [3.8, 4) is 0 Å². The van der Waals surface area contributed by atoms with Crippen LogP contribution in [-0.2, 0) is 9.53 Å². The molecule has 0 saturated carbocycles. The van der Waals surface area contributed by atoms with Gasteiger partial charge in [-0.1, -0.05) is 0 Å². The lowest BCUT2D eigenvalue weighted by atomic mass is 9.94. The molecule has 2 amide bonds. The Morgan fingerprint density at radius 2 is 1.94 bits per heavy atom. The second-order valence-corrected chi connectivity index (χ2v) is 5.27. The van der Waals surface area contributed by atoms with Gasteiger partial charge in [-0.2, -0.15) is 0 Å². The number of piperidine rings is 1. The summed E-state index contributed by atoms with van der Waals surface area (Å²) in [4.78, 5) is 24.5. The van der Waals surface area contributed by atoms with Crippen molar-refractivity contribution in [1.82, 2.24) is 10.2 Å². The van der Waals surface area contributed by atoms with Crippen LogP contribution in [0.25, 0.3) is 0 Å². The van der Waals surface area contributed by atoms with Gasteiger partial charge in [-0.3, -0.25) is 4.79 Å². The van der Waals surface area contributed by atoms with E-state index in [1.165, 1.54) is 0 Å². The van der Waals surface area contributed by atoms with Gasteiger partial charge in [0.2, 0.25) is 0 Å². The van der Waals surface area contributed by atoms with Gasteiger partial charge in [-0.25, -0.2) is 4.79 Å². The van der Waals surface area contributed by atoms with Crippen LogP contribution in [0.2, 0.25) is 0 Å². The number of carboxylic acid groups (broad SMARTS) is 1. The quantitative estimate of drug-likeness (QED) is 0.786. The van der Waals surface area contributed by atoms with E-state index < -0.39 is 11.4 Å². The van der Waals surface area contributed by atoms with Crippen LogP contribution in [0.4, 0.5) is 4.79 Å². The third-order valence-electron chi connectivity index (χ3n) is 3.32. The molecule has 2 N–H and O–H groups in total. The van der Waals surface area contributed by atoms with Crippen LogP contribution in [0.1, 0.15) is 26.7 Å². The van der Waals surface area contributed by atoms with Crippen molar-refractivity contribution in [2.75, 3.05) is 26.7 Å². The zero-order chi connectivity index (χ0) is 13.8. The summed E-state index contributed by atoms with van der Waals surface area (Å²) in [5.74, 6) is -0.916. The smallest absolute Gasteiger partial charge is 0.317 e. The lowest BCUT2D eigenvalue weighted by Gasteiger charge is -2.32. The van der Waals surface area contributed by atoms with E-state index in [0.717, 1.165) is 12.8 Å². The summed E-state index contributed by atoms with van der Waals surface area (Å²) in [6, 6.07) is -0.195. The summed E-state index contributed by atoms with van der Waals surface area (Å²) < 4.78 is 5.23. The minimum Gasteiger partial charge on any atom is -0.481 e. The molecule has 1 fully saturated rings. The Morgan fingerprint density at radius 1 is 1.39 bits per heavy atom. The average molecular weight is 258 g/mol. The molecule has 1 aliphatic heterocycles. The molecule has 0 aromatic rings. The van der Waals surface area contributed by atoms with E-state index in [-0.39, 0.29) is 18.7 Å². The van der Waals surface area contributed by atoms with Gasteiger partial charge in [-0.15, -0.1) is 0 Å². The number of methoxy groups -OCH3 is 1. The van der Waals surface area contributed by atoms with Crippen molar-refractivity contribution < 1.29 is 19.4 Å². The summed E-state index contributed by atoms with van der Waals surface area (Å²) in [5.41, 5.74) is -0.944. The number of likely N-dealkylation sites (tertiary alicyclic amines) is 1. The number of rotatable bonds is 4. The molecule has 1 aliphatic rings. The SMILES string of the molecule is COC1CCN(C(=O)NCC(C)(C)C(=O)O)CC1. The fourth-order valence-electron chi connectivity index (χ4n) is 1.78. The monoisotopic (exact) mass is 258 g/mol. The number of urea groups is 1. The molecular weight excluding hydrogens is 236 g/mol. The molecule has 6 heteroatoms. The molecule has 0 unspecified atom stereocenters. The maximum Gasteiger partial charge on any atom is 0.317 e. The van der Waals surface area contributed by atoms with E-state index in [1.807, 2.05) is 0 Å². The van der Waals surface area contributed by atoms with Gasteiger partial charge in [0.1, 0.15) is 0 Å². The van der Waals surface area contributed by atoms with Crippen molar-refractivity contribution in [3.05, 3.63) is 0 Å². The van der Waals surface area contributed by atoms with Crippen molar-refractivity contribution >= 4 is 12.0 Å². The molecule has 6 nitrogen and oxygen atoms in total. The van der Waals surface area contributed by atoms with Gasteiger partial charge < -0.3 is 20.1 Å². The Bertz CT molecular complexity index is 309. The minimum atomic E-state index is -0.944. The molecule has 1 heterocycles. The first kappa shape index (κ1) is 14.8. The van der Waals surface area contributed by atoms with Crippen LogP contribution >= 0.6 is 0 Å². The molecule has 0 aromatic heterocycles. The minimum absolute atomic E-state index is 0.130. The first-order valence-corrected chi connectivity index (χ1v) is 6.16. The number of nitrogens with zero attached hydrogens (tertiary/aromatic N) is 1. The number of carbonyl (C=O) groups excluding carboxylic acids is 1. The summed E-state index contributed by atoms with van der Waals surface area (Å²) in [7, 11) is 1.68. The predicted octanol–water partition coefficient (Wildman–Crippen LogP) is 0.918. The fraction of sp³-hybridized carbons (Fsp3) is 0.833. The van der Waals surface area contributed by atoms with E-state index in [4.69, 9.17) is 9.84 Å². The topological polar surface area (TPSA) is 78.9 Å².